The number of nitrogens with zero attached hydrogens (tertiary/aromatic N) is 7. The number of fused-ring (bicyclic) bond motifs is 1. The number of halogens is 5. The van der Waals surface area contributed by atoms with Crippen molar-refractivity contribution >= 4 is 46.7 Å². The normalized spacial score (nSPS) is 18.5. The molecule has 286 valence electrons. The van der Waals surface area contributed by atoms with Crippen molar-refractivity contribution in [1.82, 2.24) is 34.0 Å². The number of likely N-dealkylation sites (tertiary alicyclic amines) is 2. The molecule has 18 heteroatoms. The molecule has 7 rings (SSSR count). The summed E-state index contributed by atoms with van der Waals surface area (Å²) < 4.78 is 60.0. The fraction of sp³-hybridized carbons (Fsp3) is 0.417. The van der Waals surface area contributed by atoms with E-state index in [4.69, 9.17) is 11.6 Å². The summed E-state index contributed by atoms with van der Waals surface area (Å²) in [5.41, 5.74) is 0.901. The quantitative estimate of drug-likeness (QED) is 0.207. The molecular weight excluding hydrogens is 736 g/mol. The van der Waals surface area contributed by atoms with Gasteiger partial charge < -0.3 is 34.8 Å². The summed E-state index contributed by atoms with van der Waals surface area (Å²) in [6.45, 7) is 1.82. The molecule has 3 aliphatic rings. The lowest BCUT2D eigenvalue weighted by Crippen LogP contribution is -2.53. The molecule has 3 saturated heterocycles. The number of carbonyl (C=O) groups is 3. The van der Waals surface area contributed by atoms with Crippen molar-refractivity contribution in [2.45, 2.75) is 25.9 Å². The van der Waals surface area contributed by atoms with E-state index in [1.165, 1.54) is 27.9 Å². The Hall–Kier alpha value is -5.16. The summed E-state index contributed by atoms with van der Waals surface area (Å²) in [7, 11) is 0. The Kier molecular flexibility index (Phi) is 10.8. The van der Waals surface area contributed by atoms with Gasteiger partial charge in [-0.3, -0.25) is 14.0 Å². The Labute approximate surface area is 312 Å². The molecule has 3 fully saturated rings. The molecule has 1 atom stereocenters. The standard InChI is InChI=1S/C36H37ClF4N8O5/c37-26-17-23(44-31-32-43-18-27(49(32)12-8-42-31)25-3-4-28(54-35(40)41)30(39)29(25)38)1-2-24(26)34(51)47-15-13-46(14-16-47)33(50)22-6-9-45(10-7-22)19-21-5-11-48(20-21)36(52)53/h1-4,8,12,17-18,21-22,35H,5-7,9-11,13-16,19-20H2,(H,42,44)(H,52,53). The van der Waals surface area contributed by atoms with Crippen molar-refractivity contribution in [1.29, 1.82) is 0 Å². The highest BCUT2D eigenvalue weighted by molar-refractivity contribution is 6.34. The topological polar surface area (TPSA) is 136 Å². The van der Waals surface area contributed by atoms with E-state index in [-0.39, 0.29) is 51.0 Å². The number of aromatic nitrogens is 3. The Balaban J connectivity index is 0.932. The Morgan fingerprint density at radius 2 is 1.67 bits per heavy atom. The fourth-order valence-electron chi connectivity index (χ4n) is 7.47. The van der Waals surface area contributed by atoms with Crippen LogP contribution in [0.25, 0.3) is 16.9 Å². The van der Waals surface area contributed by atoms with E-state index < -0.39 is 30.1 Å². The largest absolute Gasteiger partial charge is 0.465 e. The number of benzene rings is 2. The van der Waals surface area contributed by atoms with Gasteiger partial charge in [0.05, 0.1) is 22.5 Å². The van der Waals surface area contributed by atoms with Gasteiger partial charge in [0.25, 0.3) is 5.91 Å². The number of nitrogens with one attached hydrogen (secondary N) is 1. The van der Waals surface area contributed by atoms with Gasteiger partial charge in [-0.05, 0) is 68.6 Å². The summed E-state index contributed by atoms with van der Waals surface area (Å²) >= 11 is 6.60. The summed E-state index contributed by atoms with van der Waals surface area (Å²) in [5, 5.41) is 12.5. The highest BCUT2D eigenvalue weighted by atomic mass is 35.5. The number of imidazole rings is 1. The number of hydrogen-bond donors (Lipinski definition) is 2. The summed E-state index contributed by atoms with van der Waals surface area (Å²) in [5.74, 6) is -3.53. The van der Waals surface area contributed by atoms with Gasteiger partial charge in [0.2, 0.25) is 11.7 Å². The van der Waals surface area contributed by atoms with Gasteiger partial charge in [0.15, 0.2) is 23.0 Å². The maximum absolute atomic E-state index is 14.9. The van der Waals surface area contributed by atoms with E-state index in [1.807, 2.05) is 4.90 Å². The number of alkyl halides is 2. The predicted molar refractivity (Wildman–Crippen MR) is 189 cm³/mol. The van der Waals surface area contributed by atoms with Crippen LogP contribution in [-0.4, -0.2) is 122 Å². The average Bonchev–Trinajstić information content (AvgIpc) is 3.82. The van der Waals surface area contributed by atoms with Gasteiger partial charge in [-0.25, -0.2) is 19.2 Å². The molecule has 4 aromatic rings. The highest BCUT2D eigenvalue weighted by Crippen LogP contribution is 2.33. The molecule has 13 nitrogen and oxygen atoms in total. The monoisotopic (exact) mass is 772 g/mol. The average molecular weight is 773 g/mol. The number of rotatable bonds is 9. The Morgan fingerprint density at radius 1 is 0.926 bits per heavy atom. The van der Waals surface area contributed by atoms with Crippen molar-refractivity contribution in [3.8, 4) is 17.0 Å². The van der Waals surface area contributed by atoms with Crippen molar-refractivity contribution in [2.75, 3.05) is 64.2 Å². The molecular formula is C36H37ClF4N8O5. The molecule has 0 radical (unpaired) electrons. The third kappa shape index (κ3) is 7.73. The zero-order chi connectivity index (χ0) is 38.1. The van der Waals surface area contributed by atoms with Crippen LogP contribution in [0.15, 0.2) is 48.9 Å². The van der Waals surface area contributed by atoms with Crippen LogP contribution < -0.4 is 10.1 Å². The van der Waals surface area contributed by atoms with Crippen LogP contribution in [0, 0.1) is 23.5 Å². The van der Waals surface area contributed by atoms with E-state index in [9.17, 15) is 37.1 Å². The molecule has 0 saturated carbocycles. The molecule has 2 N–H and O–H groups in total. The summed E-state index contributed by atoms with van der Waals surface area (Å²) in [6.07, 6.45) is 5.67. The molecule has 2 aromatic heterocycles. The van der Waals surface area contributed by atoms with Crippen LogP contribution in [0.3, 0.4) is 0 Å². The van der Waals surface area contributed by atoms with Crippen LogP contribution in [0.4, 0.5) is 33.9 Å². The van der Waals surface area contributed by atoms with Crippen molar-refractivity contribution in [2.24, 2.45) is 11.8 Å². The van der Waals surface area contributed by atoms with Crippen LogP contribution in [-0.2, 0) is 4.79 Å². The van der Waals surface area contributed by atoms with E-state index in [1.54, 1.807) is 23.1 Å². The second-order valence-electron chi connectivity index (χ2n) is 13.6. The zero-order valence-corrected chi connectivity index (χ0v) is 29.7. The summed E-state index contributed by atoms with van der Waals surface area (Å²) in [6, 6.07) is 6.81. The number of ether oxygens (including phenoxy) is 1. The van der Waals surface area contributed by atoms with Crippen molar-refractivity contribution in [3.05, 3.63) is 71.1 Å². The number of piperazine rings is 1. The molecule has 3 amide bonds. The first-order chi connectivity index (χ1) is 26.0. The number of hydrogen-bond acceptors (Lipinski definition) is 8. The number of anilines is 2. The third-order valence-corrected chi connectivity index (χ3v) is 10.6. The lowest BCUT2D eigenvalue weighted by molar-refractivity contribution is -0.138. The lowest BCUT2D eigenvalue weighted by atomic mass is 9.94. The predicted octanol–water partition coefficient (Wildman–Crippen LogP) is 5.67. The maximum Gasteiger partial charge on any atom is 0.407 e. The van der Waals surface area contributed by atoms with Gasteiger partial charge >= 0.3 is 12.7 Å². The highest BCUT2D eigenvalue weighted by Gasteiger charge is 2.34. The van der Waals surface area contributed by atoms with Crippen LogP contribution in [0.5, 0.6) is 5.75 Å². The van der Waals surface area contributed by atoms with Crippen LogP contribution in [0.2, 0.25) is 5.02 Å². The smallest absolute Gasteiger partial charge is 0.407 e. The van der Waals surface area contributed by atoms with Gasteiger partial charge in [-0.2, -0.15) is 13.2 Å². The molecule has 2 aromatic carbocycles. The second-order valence-corrected chi connectivity index (χ2v) is 14.0. The minimum Gasteiger partial charge on any atom is -0.465 e. The molecule has 3 aliphatic heterocycles. The fourth-order valence-corrected chi connectivity index (χ4v) is 7.73. The minimum atomic E-state index is -3.32. The zero-order valence-electron chi connectivity index (χ0n) is 28.9. The molecule has 0 aliphatic carbocycles. The molecule has 54 heavy (non-hydrogen) atoms. The van der Waals surface area contributed by atoms with Gasteiger partial charge in [0, 0.05) is 75.4 Å². The number of carbonyl (C=O) groups excluding carboxylic acids is 2. The summed E-state index contributed by atoms with van der Waals surface area (Å²) in [4.78, 5) is 54.0. The van der Waals surface area contributed by atoms with Crippen LogP contribution in [0.1, 0.15) is 29.6 Å². The minimum absolute atomic E-state index is 0.0723. The number of carboxylic acid groups (broad SMARTS) is 1. The van der Waals surface area contributed by atoms with Crippen molar-refractivity contribution in [3.63, 3.8) is 0 Å². The first-order valence-electron chi connectivity index (χ1n) is 17.6. The van der Waals surface area contributed by atoms with E-state index in [2.05, 4.69) is 24.9 Å². The van der Waals surface area contributed by atoms with E-state index in [0.717, 1.165) is 51.0 Å². The first-order valence-corrected chi connectivity index (χ1v) is 17.9. The molecule has 5 heterocycles. The van der Waals surface area contributed by atoms with Gasteiger partial charge in [-0.1, -0.05) is 11.6 Å². The Bertz CT molecular complexity index is 2050. The van der Waals surface area contributed by atoms with Crippen LogP contribution >= 0.6 is 11.6 Å². The van der Waals surface area contributed by atoms with Crippen molar-refractivity contribution < 1.29 is 41.8 Å². The maximum atomic E-state index is 14.9. The number of amides is 3. The van der Waals surface area contributed by atoms with Gasteiger partial charge in [0.1, 0.15) is 0 Å². The van der Waals surface area contributed by atoms with Gasteiger partial charge in [-0.15, -0.1) is 0 Å². The molecule has 0 bridgehead atoms. The molecule has 1 unspecified atom stereocenters. The Morgan fingerprint density at radius 3 is 2.35 bits per heavy atom. The first kappa shape index (κ1) is 37.2. The second kappa shape index (κ2) is 15.7. The van der Waals surface area contributed by atoms with E-state index >= 15 is 0 Å². The van der Waals surface area contributed by atoms with E-state index in [0.29, 0.717) is 50.9 Å². The third-order valence-electron chi connectivity index (χ3n) is 10.3. The molecule has 0 spiro atoms. The SMILES string of the molecule is O=C(O)N1CCC(CN2CCC(C(=O)N3CCN(C(=O)c4ccc(Nc5nccn6c(-c7ccc(OC(F)F)c(F)c7F)cnc56)cc4Cl)CC3)CC2)C1. The number of piperidine rings is 1. The lowest BCUT2D eigenvalue weighted by Gasteiger charge is -2.39.